The Balaban J connectivity index is 1.59. The van der Waals surface area contributed by atoms with Crippen LogP contribution in [0, 0.1) is 29.6 Å². The van der Waals surface area contributed by atoms with Crippen molar-refractivity contribution >= 4 is 11.6 Å². The SMILES string of the molecule is Cc1cccnc1C(=O)N1C[C@H]2CCN(c3ccc(C#N)c(C(F)(F)F)c3)C[C@@]2(CO)C1. The maximum absolute atomic E-state index is 13.4. The van der Waals surface area contributed by atoms with Crippen LogP contribution in [0.5, 0.6) is 0 Å². The molecule has 2 aliphatic rings. The minimum absolute atomic E-state index is 0.0391. The third kappa shape index (κ3) is 3.79. The number of aliphatic hydroxyl groups excluding tert-OH is 1. The highest BCUT2D eigenvalue weighted by atomic mass is 19.4. The second kappa shape index (κ2) is 8.10. The van der Waals surface area contributed by atoms with Crippen LogP contribution in [0.1, 0.15) is 33.6 Å². The second-order valence-corrected chi connectivity index (χ2v) is 8.62. The Kier molecular flexibility index (Phi) is 5.59. The summed E-state index contributed by atoms with van der Waals surface area (Å²) in [4.78, 5) is 20.8. The number of nitriles is 1. The fourth-order valence-electron chi connectivity index (χ4n) is 4.91. The number of carbonyl (C=O) groups excluding carboxylic acids is 1. The lowest BCUT2D eigenvalue weighted by Gasteiger charge is -2.44. The zero-order valence-electron chi connectivity index (χ0n) is 17.6. The Labute approximate surface area is 183 Å². The Morgan fingerprint density at radius 2 is 2.12 bits per heavy atom. The van der Waals surface area contributed by atoms with E-state index in [-0.39, 0.29) is 18.4 Å². The van der Waals surface area contributed by atoms with E-state index in [1.807, 2.05) is 17.9 Å². The normalized spacial score (nSPS) is 23.1. The molecule has 1 aromatic heterocycles. The summed E-state index contributed by atoms with van der Waals surface area (Å²) in [6.07, 6.45) is -2.44. The number of hydrogen-bond acceptors (Lipinski definition) is 5. The minimum atomic E-state index is -4.63. The number of alkyl halides is 3. The number of halogens is 3. The maximum Gasteiger partial charge on any atom is 0.417 e. The first-order valence-electron chi connectivity index (χ1n) is 10.4. The lowest BCUT2D eigenvalue weighted by molar-refractivity contribution is -0.137. The number of aromatic nitrogens is 1. The first-order chi connectivity index (χ1) is 15.2. The molecule has 2 aromatic rings. The van der Waals surface area contributed by atoms with Gasteiger partial charge in [-0.15, -0.1) is 0 Å². The average molecular weight is 444 g/mol. The van der Waals surface area contributed by atoms with Gasteiger partial charge < -0.3 is 14.9 Å². The van der Waals surface area contributed by atoms with Crippen LogP contribution in [-0.4, -0.2) is 53.7 Å². The van der Waals surface area contributed by atoms with Crippen molar-refractivity contribution in [3.63, 3.8) is 0 Å². The Hall–Kier alpha value is -3.12. The maximum atomic E-state index is 13.4. The standard InChI is InChI=1S/C23H23F3N4O2/c1-15-3-2-7-28-20(15)21(32)30-11-17-6-8-29(12-22(17,13-30)14-31)18-5-4-16(10-27)19(9-18)23(24,25)26/h2-5,7,9,17,31H,6,8,11-14H2,1H3/t17-,22+/m1/s1. The number of aryl methyl sites for hydroxylation is 1. The highest BCUT2D eigenvalue weighted by Gasteiger charge is 2.51. The Bertz CT molecular complexity index is 1080. The summed E-state index contributed by atoms with van der Waals surface area (Å²) in [6, 6.07) is 8.86. The van der Waals surface area contributed by atoms with E-state index in [1.54, 1.807) is 23.2 Å². The molecule has 0 saturated carbocycles. The zero-order valence-corrected chi connectivity index (χ0v) is 17.6. The van der Waals surface area contributed by atoms with E-state index in [0.29, 0.717) is 44.0 Å². The monoisotopic (exact) mass is 444 g/mol. The third-order valence-electron chi connectivity index (χ3n) is 6.67. The van der Waals surface area contributed by atoms with Crippen molar-refractivity contribution in [1.82, 2.24) is 9.88 Å². The van der Waals surface area contributed by atoms with Crippen LogP contribution in [0.15, 0.2) is 36.5 Å². The molecule has 2 fully saturated rings. The van der Waals surface area contributed by atoms with Gasteiger partial charge in [-0.3, -0.25) is 9.78 Å². The lowest BCUT2D eigenvalue weighted by atomic mass is 9.74. The Morgan fingerprint density at radius 1 is 1.34 bits per heavy atom. The van der Waals surface area contributed by atoms with Gasteiger partial charge in [-0.2, -0.15) is 18.4 Å². The number of rotatable bonds is 3. The smallest absolute Gasteiger partial charge is 0.396 e. The summed E-state index contributed by atoms with van der Waals surface area (Å²) < 4.78 is 40.2. The molecule has 2 aliphatic heterocycles. The van der Waals surface area contributed by atoms with Gasteiger partial charge in [0.2, 0.25) is 0 Å². The van der Waals surface area contributed by atoms with E-state index in [4.69, 9.17) is 5.26 Å². The molecule has 4 rings (SSSR count). The molecule has 32 heavy (non-hydrogen) atoms. The number of piperidine rings is 1. The molecule has 0 aliphatic carbocycles. The number of pyridine rings is 1. The van der Waals surface area contributed by atoms with Crippen molar-refractivity contribution in [3.8, 4) is 6.07 Å². The first kappa shape index (κ1) is 22.1. The van der Waals surface area contributed by atoms with E-state index < -0.39 is 22.7 Å². The van der Waals surface area contributed by atoms with Gasteiger partial charge in [0, 0.05) is 43.5 Å². The molecular formula is C23H23F3N4O2. The second-order valence-electron chi connectivity index (χ2n) is 8.62. The number of hydrogen-bond donors (Lipinski definition) is 1. The third-order valence-corrected chi connectivity index (χ3v) is 6.67. The molecular weight excluding hydrogens is 421 g/mol. The van der Waals surface area contributed by atoms with Crippen LogP contribution in [0.3, 0.4) is 0 Å². The first-order valence-corrected chi connectivity index (χ1v) is 10.4. The molecule has 1 amide bonds. The summed E-state index contributed by atoms with van der Waals surface area (Å²) in [5.41, 5.74) is -0.527. The summed E-state index contributed by atoms with van der Waals surface area (Å²) in [7, 11) is 0. The van der Waals surface area contributed by atoms with Crippen LogP contribution < -0.4 is 4.90 Å². The molecule has 0 bridgehead atoms. The van der Waals surface area contributed by atoms with E-state index in [1.165, 1.54) is 12.1 Å². The molecule has 3 heterocycles. The number of fused-ring (bicyclic) bond motifs is 1. The van der Waals surface area contributed by atoms with Crippen molar-refractivity contribution in [2.75, 3.05) is 37.7 Å². The lowest BCUT2D eigenvalue weighted by Crippen LogP contribution is -2.51. The van der Waals surface area contributed by atoms with Gasteiger partial charge >= 0.3 is 6.18 Å². The van der Waals surface area contributed by atoms with Gasteiger partial charge in [0.15, 0.2) is 0 Å². The van der Waals surface area contributed by atoms with Gasteiger partial charge in [0.25, 0.3) is 5.91 Å². The van der Waals surface area contributed by atoms with Crippen LogP contribution >= 0.6 is 0 Å². The number of amides is 1. The van der Waals surface area contributed by atoms with Gasteiger partial charge in [0.05, 0.1) is 23.8 Å². The van der Waals surface area contributed by atoms with Crippen LogP contribution in [-0.2, 0) is 6.18 Å². The minimum Gasteiger partial charge on any atom is -0.396 e. The van der Waals surface area contributed by atoms with Crippen LogP contribution in [0.25, 0.3) is 0 Å². The molecule has 9 heteroatoms. The molecule has 168 valence electrons. The molecule has 1 aromatic carbocycles. The number of aliphatic hydroxyl groups is 1. The van der Waals surface area contributed by atoms with Crippen molar-refractivity contribution in [2.24, 2.45) is 11.3 Å². The molecule has 0 unspecified atom stereocenters. The average Bonchev–Trinajstić information content (AvgIpc) is 3.17. The van der Waals surface area contributed by atoms with Gasteiger partial charge in [-0.25, -0.2) is 0 Å². The van der Waals surface area contributed by atoms with Crippen molar-refractivity contribution in [1.29, 1.82) is 5.26 Å². The number of nitrogens with zero attached hydrogens (tertiary/aromatic N) is 4. The van der Waals surface area contributed by atoms with Crippen molar-refractivity contribution < 1.29 is 23.1 Å². The highest BCUT2D eigenvalue weighted by Crippen LogP contribution is 2.44. The largest absolute Gasteiger partial charge is 0.417 e. The summed E-state index contributed by atoms with van der Waals surface area (Å²) in [5.74, 6) is -0.160. The molecule has 0 radical (unpaired) electrons. The topological polar surface area (TPSA) is 80.5 Å². The van der Waals surface area contributed by atoms with Gasteiger partial charge in [-0.05, 0) is 49.1 Å². The Morgan fingerprint density at radius 3 is 2.78 bits per heavy atom. The predicted octanol–water partition coefficient (Wildman–Crippen LogP) is 3.24. The summed E-state index contributed by atoms with van der Waals surface area (Å²) in [5, 5.41) is 19.3. The summed E-state index contributed by atoms with van der Waals surface area (Å²) in [6.45, 7) is 3.24. The van der Waals surface area contributed by atoms with Crippen molar-refractivity contribution in [2.45, 2.75) is 19.5 Å². The zero-order chi connectivity index (χ0) is 23.1. The number of benzene rings is 1. The van der Waals surface area contributed by atoms with E-state index in [0.717, 1.165) is 11.6 Å². The van der Waals surface area contributed by atoms with Gasteiger partial charge in [-0.1, -0.05) is 6.07 Å². The summed E-state index contributed by atoms with van der Waals surface area (Å²) >= 11 is 0. The van der Waals surface area contributed by atoms with E-state index in [2.05, 4.69) is 4.98 Å². The van der Waals surface area contributed by atoms with Gasteiger partial charge in [0.1, 0.15) is 5.69 Å². The molecule has 2 saturated heterocycles. The highest BCUT2D eigenvalue weighted by molar-refractivity contribution is 5.94. The van der Waals surface area contributed by atoms with Crippen molar-refractivity contribution in [3.05, 3.63) is 58.9 Å². The fraction of sp³-hybridized carbons (Fsp3) is 0.435. The predicted molar refractivity (Wildman–Crippen MR) is 111 cm³/mol. The quantitative estimate of drug-likeness (QED) is 0.786. The molecule has 1 N–H and O–H groups in total. The van der Waals surface area contributed by atoms with Crippen LogP contribution in [0.2, 0.25) is 0 Å². The van der Waals surface area contributed by atoms with E-state index in [9.17, 15) is 23.1 Å². The molecule has 2 atom stereocenters. The number of likely N-dealkylation sites (tertiary alicyclic amines) is 1. The number of carbonyl (C=O) groups is 1. The molecule has 6 nitrogen and oxygen atoms in total. The number of anilines is 1. The fourth-order valence-corrected chi connectivity index (χ4v) is 4.91. The molecule has 0 spiro atoms. The van der Waals surface area contributed by atoms with Crippen LogP contribution in [0.4, 0.5) is 18.9 Å². The van der Waals surface area contributed by atoms with E-state index >= 15 is 0 Å².